The molecule has 0 unspecified atom stereocenters. The van der Waals surface area contributed by atoms with E-state index in [9.17, 15) is 19.7 Å². The van der Waals surface area contributed by atoms with E-state index >= 15 is 0 Å². The molecule has 0 radical (unpaired) electrons. The van der Waals surface area contributed by atoms with Crippen LogP contribution in [0.15, 0.2) is 84.0 Å². The summed E-state index contributed by atoms with van der Waals surface area (Å²) in [6.07, 6.45) is 0. The van der Waals surface area contributed by atoms with Gasteiger partial charge in [0.05, 0.1) is 29.5 Å². The number of rotatable bonds is 8. The lowest BCUT2D eigenvalue weighted by Crippen LogP contribution is -2.18. The molecule has 0 atom stereocenters. The van der Waals surface area contributed by atoms with E-state index in [1.807, 2.05) is 30.3 Å². The number of hydrogen-bond donors (Lipinski definition) is 1. The highest BCUT2D eigenvalue weighted by Gasteiger charge is 2.20. The minimum Gasteiger partial charge on any atom is -0.494 e. The van der Waals surface area contributed by atoms with Crippen molar-refractivity contribution in [2.24, 2.45) is 0 Å². The van der Waals surface area contributed by atoms with Crippen molar-refractivity contribution in [1.29, 1.82) is 0 Å². The van der Waals surface area contributed by atoms with Gasteiger partial charge in [-0.15, -0.1) is 5.10 Å². The first-order valence-electron chi connectivity index (χ1n) is 10.3. The molecule has 4 rings (SSSR count). The number of nitro benzene ring substituents is 1. The first kappa shape index (κ1) is 23.6. The zero-order valence-corrected chi connectivity index (χ0v) is 19.3. The van der Waals surface area contributed by atoms with Crippen LogP contribution in [0, 0.1) is 10.1 Å². The molecule has 0 bridgehead atoms. The summed E-state index contributed by atoms with van der Waals surface area (Å²) in [5, 5.41) is 18.3. The minimum atomic E-state index is -0.551. The van der Waals surface area contributed by atoms with Crippen LogP contribution in [-0.2, 0) is 4.79 Å². The summed E-state index contributed by atoms with van der Waals surface area (Å²) in [6.45, 7) is 0. The molecule has 4 aromatic rings. The zero-order chi connectivity index (χ0) is 24.8. The average molecular weight is 490 g/mol. The number of benzene rings is 3. The number of aromatic nitrogens is 3. The molecule has 1 N–H and O–H groups in total. The molecule has 0 fully saturated rings. The average Bonchev–Trinajstić information content (AvgIpc) is 3.32. The number of carbonyl (C=O) groups excluding carboxylic acids is 2. The third kappa shape index (κ3) is 5.53. The number of nitrogens with zero attached hydrogens (tertiary/aromatic N) is 4. The van der Waals surface area contributed by atoms with Crippen molar-refractivity contribution in [2.45, 2.75) is 5.16 Å². The van der Waals surface area contributed by atoms with Crippen LogP contribution in [0.25, 0.3) is 11.4 Å². The number of carbonyl (C=O) groups is 2. The van der Waals surface area contributed by atoms with Gasteiger partial charge < -0.3 is 10.1 Å². The second-order valence-electron chi connectivity index (χ2n) is 7.15. The molecule has 0 aliphatic carbocycles. The number of anilines is 1. The number of methoxy groups -OCH3 is 1. The van der Waals surface area contributed by atoms with Crippen molar-refractivity contribution < 1.29 is 19.2 Å². The largest absolute Gasteiger partial charge is 0.494 e. The molecule has 3 aromatic carbocycles. The number of amides is 1. The Balaban J connectivity index is 1.55. The van der Waals surface area contributed by atoms with E-state index < -0.39 is 10.8 Å². The Morgan fingerprint density at radius 2 is 1.74 bits per heavy atom. The van der Waals surface area contributed by atoms with E-state index in [0.717, 1.165) is 17.3 Å². The maximum atomic E-state index is 13.1. The summed E-state index contributed by atoms with van der Waals surface area (Å²) >= 11 is 1.04. The molecule has 176 valence electrons. The van der Waals surface area contributed by atoms with Gasteiger partial charge in [0.15, 0.2) is 11.0 Å². The van der Waals surface area contributed by atoms with Crippen LogP contribution in [0.2, 0.25) is 0 Å². The summed E-state index contributed by atoms with van der Waals surface area (Å²) in [6, 6.07) is 21.7. The second kappa shape index (κ2) is 10.6. The Kier molecular flexibility index (Phi) is 7.17. The van der Waals surface area contributed by atoms with Crippen molar-refractivity contribution in [2.75, 3.05) is 18.2 Å². The normalized spacial score (nSPS) is 10.5. The summed E-state index contributed by atoms with van der Waals surface area (Å²) in [5.41, 5.74) is 1.29. The summed E-state index contributed by atoms with van der Waals surface area (Å²) < 4.78 is 6.34. The fourth-order valence-electron chi connectivity index (χ4n) is 3.15. The number of nitrogens with one attached hydrogen (secondary N) is 1. The van der Waals surface area contributed by atoms with Crippen LogP contribution in [-0.4, -0.2) is 44.4 Å². The Morgan fingerprint density at radius 3 is 2.40 bits per heavy atom. The molecule has 0 saturated heterocycles. The monoisotopic (exact) mass is 489 g/mol. The molecule has 35 heavy (non-hydrogen) atoms. The number of nitro groups is 1. The SMILES string of the molecule is COc1cc([N+](=O)[O-])ccc1NC(=O)CSc1nc(-c2ccccc2)nn1C(=O)c1ccccc1. The fraction of sp³-hybridized carbons (Fsp3) is 0.0833. The van der Waals surface area contributed by atoms with E-state index in [4.69, 9.17) is 4.74 Å². The van der Waals surface area contributed by atoms with Gasteiger partial charge in [-0.25, -0.2) is 4.98 Å². The predicted octanol–water partition coefficient (Wildman–Crippen LogP) is 4.28. The van der Waals surface area contributed by atoms with Gasteiger partial charge >= 0.3 is 0 Å². The van der Waals surface area contributed by atoms with Crippen LogP contribution in [0.4, 0.5) is 11.4 Å². The molecule has 1 amide bonds. The summed E-state index contributed by atoms with van der Waals surface area (Å²) in [5.74, 6) is -0.360. The van der Waals surface area contributed by atoms with Crippen LogP contribution in [0.1, 0.15) is 10.4 Å². The van der Waals surface area contributed by atoms with Crippen molar-refractivity contribution in [1.82, 2.24) is 14.8 Å². The molecular weight excluding hydrogens is 470 g/mol. The lowest BCUT2D eigenvalue weighted by atomic mass is 10.2. The first-order chi connectivity index (χ1) is 17.0. The first-order valence-corrected chi connectivity index (χ1v) is 11.3. The van der Waals surface area contributed by atoms with Crippen molar-refractivity contribution in [3.8, 4) is 17.1 Å². The standard InChI is InChI=1S/C24H19N5O5S/c1-34-20-14-18(29(32)33)12-13-19(20)25-21(30)15-35-24-26-22(16-8-4-2-5-9-16)27-28(24)23(31)17-10-6-3-7-11-17/h2-14H,15H2,1H3,(H,25,30). The third-order valence-corrected chi connectivity index (χ3v) is 5.75. The fourth-order valence-corrected chi connectivity index (χ4v) is 3.88. The van der Waals surface area contributed by atoms with Crippen LogP contribution >= 0.6 is 11.8 Å². The van der Waals surface area contributed by atoms with Gasteiger partial charge in [-0.3, -0.25) is 19.7 Å². The van der Waals surface area contributed by atoms with Gasteiger partial charge in [0.1, 0.15) is 5.75 Å². The van der Waals surface area contributed by atoms with Crippen molar-refractivity contribution in [3.05, 3.63) is 94.5 Å². The van der Waals surface area contributed by atoms with Gasteiger partial charge in [0, 0.05) is 17.2 Å². The number of hydrogen-bond acceptors (Lipinski definition) is 8. The Labute approximate surface area is 204 Å². The summed E-state index contributed by atoms with van der Waals surface area (Å²) in [7, 11) is 1.35. The van der Waals surface area contributed by atoms with Crippen molar-refractivity contribution in [3.63, 3.8) is 0 Å². The molecule has 1 heterocycles. The molecule has 11 heteroatoms. The van der Waals surface area contributed by atoms with E-state index in [0.29, 0.717) is 11.4 Å². The second-order valence-corrected chi connectivity index (χ2v) is 8.09. The van der Waals surface area contributed by atoms with Gasteiger partial charge in [0.2, 0.25) is 5.91 Å². The Morgan fingerprint density at radius 1 is 1.06 bits per heavy atom. The smallest absolute Gasteiger partial charge is 0.280 e. The van der Waals surface area contributed by atoms with E-state index in [-0.39, 0.29) is 33.9 Å². The Hall–Kier alpha value is -4.51. The third-order valence-electron chi connectivity index (χ3n) is 4.82. The highest BCUT2D eigenvalue weighted by Crippen LogP contribution is 2.29. The van der Waals surface area contributed by atoms with E-state index in [1.54, 1.807) is 30.3 Å². The predicted molar refractivity (Wildman–Crippen MR) is 131 cm³/mol. The molecule has 1 aromatic heterocycles. The highest BCUT2D eigenvalue weighted by atomic mass is 32.2. The van der Waals surface area contributed by atoms with Gasteiger partial charge in [-0.2, -0.15) is 4.68 Å². The number of non-ortho nitro benzene ring substituents is 1. The molecule has 0 aliphatic rings. The quantitative estimate of drug-likeness (QED) is 0.221. The van der Waals surface area contributed by atoms with Crippen LogP contribution in [0.5, 0.6) is 5.75 Å². The van der Waals surface area contributed by atoms with Gasteiger partial charge in [-0.05, 0) is 18.2 Å². The molecule has 0 spiro atoms. The zero-order valence-electron chi connectivity index (χ0n) is 18.5. The number of ether oxygens (including phenoxy) is 1. The molecule has 10 nitrogen and oxygen atoms in total. The maximum Gasteiger partial charge on any atom is 0.280 e. The minimum absolute atomic E-state index is 0.0882. The van der Waals surface area contributed by atoms with E-state index in [1.165, 1.54) is 30.0 Å². The molecule has 0 aliphatic heterocycles. The highest BCUT2D eigenvalue weighted by molar-refractivity contribution is 7.99. The van der Waals surface area contributed by atoms with Gasteiger partial charge in [0.25, 0.3) is 11.6 Å². The molecule has 0 saturated carbocycles. The number of thioether (sulfide) groups is 1. The Bertz CT molecular complexity index is 1380. The lowest BCUT2D eigenvalue weighted by molar-refractivity contribution is -0.384. The maximum absolute atomic E-state index is 13.1. The van der Waals surface area contributed by atoms with Crippen LogP contribution in [0.3, 0.4) is 0 Å². The summed E-state index contributed by atoms with van der Waals surface area (Å²) in [4.78, 5) is 40.6. The topological polar surface area (TPSA) is 129 Å². The van der Waals surface area contributed by atoms with Gasteiger partial charge in [-0.1, -0.05) is 60.3 Å². The van der Waals surface area contributed by atoms with E-state index in [2.05, 4.69) is 15.4 Å². The lowest BCUT2D eigenvalue weighted by Gasteiger charge is -2.10. The molecular formula is C24H19N5O5S. The van der Waals surface area contributed by atoms with Crippen molar-refractivity contribution >= 4 is 35.0 Å². The van der Waals surface area contributed by atoms with Crippen LogP contribution < -0.4 is 10.1 Å².